The normalized spacial score (nSPS) is 14.4. The molecule has 4 rings (SSSR count). The molecule has 7 nitrogen and oxygen atoms in total. The van der Waals surface area contributed by atoms with E-state index in [1.54, 1.807) is 21.7 Å². The van der Waals surface area contributed by atoms with Crippen LogP contribution in [-0.2, 0) is 4.79 Å². The number of nitrogens with one attached hydrogen (secondary N) is 1. The van der Waals surface area contributed by atoms with Crippen LogP contribution in [0.15, 0.2) is 60.8 Å². The molecule has 0 unspecified atom stereocenters. The summed E-state index contributed by atoms with van der Waals surface area (Å²) in [4.78, 5) is 28.7. The van der Waals surface area contributed by atoms with E-state index in [2.05, 4.69) is 27.4 Å². The lowest BCUT2D eigenvalue weighted by Gasteiger charge is -2.36. The first-order valence-electron chi connectivity index (χ1n) is 9.01. The van der Waals surface area contributed by atoms with Gasteiger partial charge in [-0.3, -0.25) is 9.59 Å². The lowest BCUT2D eigenvalue weighted by molar-refractivity contribution is -0.130. The van der Waals surface area contributed by atoms with Gasteiger partial charge in [0.2, 0.25) is 5.91 Å². The molecule has 0 atom stereocenters. The Bertz CT molecular complexity index is 912. The van der Waals surface area contributed by atoms with E-state index in [1.165, 1.54) is 5.69 Å². The summed E-state index contributed by atoms with van der Waals surface area (Å²) in [7, 11) is 0. The zero-order valence-corrected chi connectivity index (χ0v) is 14.9. The number of nitrogens with zero attached hydrogens (tertiary/aromatic N) is 4. The number of para-hydroxylation sites is 1. The van der Waals surface area contributed by atoms with Crippen molar-refractivity contribution in [2.24, 2.45) is 0 Å². The summed E-state index contributed by atoms with van der Waals surface area (Å²) in [5.41, 5.74) is 2.32. The Labute approximate surface area is 157 Å². The number of hydrogen-bond acceptors (Lipinski definition) is 4. The van der Waals surface area contributed by atoms with Crippen molar-refractivity contribution >= 4 is 23.0 Å². The summed E-state index contributed by atoms with van der Waals surface area (Å²) in [6.45, 7) is 2.86. The summed E-state index contributed by atoms with van der Waals surface area (Å²) >= 11 is 0. The van der Waals surface area contributed by atoms with Crippen molar-refractivity contribution in [3.8, 4) is 0 Å². The van der Waals surface area contributed by atoms with Crippen molar-refractivity contribution in [1.29, 1.82) is 0 Å². The summed E-state index contributed by atoms with van der Waals surface area (Å²) in [6.07, 6.45) is 1.78. The van der Waals surface area contributed by atoms with E-state index in [1.807, 2.05) is 36.4 Å². The van der Waals surface area contributed by atoms with Crippen LogP contribution >= 0.6 is 0 Å². The largest absolute Gasteiger partial charge is 0.368 e. The number of fused-ring (bicyclic) bond motifs is 1. The topological polar surface area (TPSA) is 70.0 Å². The fourth-order valence-electron chi connectivity index (χ4n) is 3.26. The molecule has 3 aromatic rings. The molecule has 2 amide bonds. The van der Waals surface area contributed by atoms with Crippen LogP contribution in [0, 0.1) is 0 Å². The average molecular weight is 363 g/mol. The van der Waals surface area contributed by atoms with E-state index in [-0.39, 0.29) is 18.4 Å². The van der Waals surface area contributed by atoms with Gasteiger partial charge in [-0.1, -0.05) is 24.3 Å². The van der Waals surface area contributed by atoms with Crippen molar-refractivity contribution in [3.05, 3.63) is 66.5 Å². The summed E-state index contributed by atoms with van der Waals surface area (Å²) < 4.78 is 1.64. The van der Waals surface area contributed by atoms with Gasteiger partial charge in [0.1, 0.15) is 0 Å². The molecule has 0 saturated carbocycles. The van der Waals surface area contributed by atoms with Crippen LogP contribution in [0.1, 0.15) is 10.5 Å². The molecule has 1 aliphatic rings. The van der Waals surface area contributed by atoms with Crippen molar-refractivity contribution in [3.63, 3.8) is 0 Å². The van der Waals surface area contributed by atoms with Crippen molar-refractivity contribution in [1.82, 2.24) is 19.8 Å². The number of anilines is 1. The molecule has 27 heavy (non-hydrogen) atoms. The van der Waals surface area contributed by atoms with Crippen LogP contribution in [0.5, 0.6) is 0 Å². The van der Waals surface area contributed by atoms with Crippen LogP contribution in [0.25, 0.3) is 5.52 Å². The molecule has 0 aliphatic carbocycles. The maximum atomic E-state index is 12.4. The van der Waals surface area contributed by atoms with Crippen molar-refractivity contribution in [2.75, 3.05) is 37.6 Å². The maximum Gasteiger partial charge on any atom is 0.272 e. The molecule has 3 heterocycles. The Balaban J connectivity index is 1.29. The summed E-state index contributed by atoms with van der Waals surface area (Å²) in [5, 5.41) is 6.90. The first-order chi connectivity index (χ1) is 13.2. The molecule has 1 fully saturated rings. The molecule has 2 aromatic heterocycles. The maximum absolute atomic E-state index is 12.4. The molecule has 7 heteroatoms. The fraction of sp³-hybridized carbons (Fsp3) is 0.250. The summed E-state index contributed by atoms with van der Waals surface area (Å²) in [5.74, 6) is -0.408. The number of benzene rings is 1. The van der Waals surface area contributed by atoms with Gasteiger partial charge in [0.15, 0.2) is 5.69 Å². The van der Waals surface area contributed by atoms with Crippen LogP contribution in [0.4, 0.5) is 5.69 Å². The fourth-order valence-corrected chi connectivity index (χ4v) is 3.26. The van der Waals surface area contributed by atoms with Gasteiger partial charge in [-0.2, -0.15) is 5.10 Å². The van der Waals surface area contributed by atoms with Crippen LogP contribution < -0.4 is 10.2 Å². The smallest absolute Gasteiger partial charge is 0.272 e. The zero-order valence-electron chi connectivity index (χ0n) is 14.9. The van der Waals surface area contributed by atoms with E-state index < -0.39 is 0 Å². The van der Waals surface area contributed by atoms with Gasteiger partial charge in [0, 0.05) is 38.1 Å². The van der Waals surface area contributed by atoms with E-state index in [0.29, 0.717) is 18.8 Å². The number of rotatable bonds is 4. The number of piperazine rings is 1. The van der Waals surface area contributed by atoms with Crippen LogP contribution in [0.3, 0.4) is 0 Å². The Morgan fingerprint density at radius 2 is 1.70 bits per heavy atom. The predicted octanol–water partition coefficient (Wildman–Crippen LogP) is 1.41. The Morgan fingerprint density at radius 1 is 0.963 bits per heavy atom. The molecule has 1 aromatic carbocycles. The standard InChI is InChI=1S/C20H21N5O2/c26-19(24-12-10-23(11-13-24)16-6-2-1-3-7-16)15-21-20(27)18-14-17-8-4-5-9-25(17)22-18/h1-9,14H,10-13,15H2,(H,21,27). The minimum absolute atomic E-state index is 0.0158. The highest BCUT2D eigenvalue weighted by Gasteiger charge is 2.22. The first-order valence-corrected chi connectivity index (χ1v) is 9.01. The third-order valence-corrected chi connectivity index (χ3v) is 4.76. The van der Waals surface area contributed by atoms with E-state index in [9.17, 15) is 9.59 Å². The van der Waals surface area contributed by atoms with E-state index in [0.717, 1.165) is 18.6 Å². The van der Waals surface area contributed by atoms with Gasteiger partial charge in [-0.25, -0.2) is 4.52 Å². The highest BCUT2D eigenvalue weighted by atomic mass is 16.2. The first kappa shape index (κ1) is 17.1. The molecule has 138 valence electrons. The number of carbonyl (C=O) groups excluding carboxylic acids is 2. The lowest BCUT2D eigenvalue weighted by atomic mass is 10.2. The van der Waals surface area contributed by atoms with Crippen molar-refractivity contribution < 1.29 is 9.59 Å². The van der Waals surface area contributed by atoms with Gasteiger partial charge in [0.25, 0.3) is 5.91 Å². The number of amides is 2. The number of pyridine rings is 1. The molecule has 0 bridgehead atoms. The molecule has 1 N–H and O–H groups in total. The molecule has 1 saturated heterocycles. The zero-order chi connectivity index (χ0) is 18.6. The Kier molecular flexibility index (Phi) is 4.74. The SMILES string of the molecule is O=C(NCC(=O)N1CCN(c2ccccc2)CC1)c1cc2ccccn2n1. The number of carbonyl (C=O) groups is 2. The second-order valence-corrected chi connectivity index (χ2v) is 6.49. The molecular formula is C20H21N5O2. The number of hydrogen-bond donors (Lipinski definition) is 1. The number of aromatic nitrogens is 2. The van der Waals surface area contributed by atoms with Crippen molar-refractivity contribution in [2.45, 2.75) is 0 Å². The Morgan fingerprint density at radius 3 is 2.44 bits per heavy atom. The third-order valence-electron chi connectivity index (χ3n) is 4.76. The average Bonchev–Trinajstić information content (AvgIpc) is 3.17. The highest BCUT2D eigenvalue weighted by molar-refractivity contribution is 5.95. The Hall–Kier alpha value is -3.35. The predicted molar refractivity (Wildman–Crippen MR) is 103 cm³/mol. The molecule has 0 radical (unpaired) electrons. The van der Waals surface area contributed by atoms with Gasteiger partial charge in [-0.05, 0) is 30.3 Å². The van der Waals surface area contributed by atoms with Gasteiger partial charge in [0.05, 0.1) is 12.1 Å². The van der Waals surface area contributed by atoms with E-state index in [4.69, 9.17) is 0 Å². The third kappa shape index (κ3) is 3.76. The molecular weight excluding hydrogens is 342 g/mol. The molecule has 1 aliphatic heterocycles. The second-order valence-electron chi connectivity index (χ2n) is 6.49. The second kappa shape index (κ2) is 7.49. The van der Waals surface area contributed by atoms with Gasteiger partial charge in [-0.15, -0.1) is 0 Å². The van der Waals surface area contributed by atoms with E-state index >= 15 is 0 Å². The van der Waals surface area contributed by atoms with Crippen LogP contribution in [0.2, 0.25) is 0 Å². The monoisotopic (exact) mass is 363 g/mol. The minimum Gasteiger partial charge on any atom is -0.368 e. The molecule has 0 spiro atoms. The summed E-state index contributed by atoms with van der Waals surface area (Å²) in [6, 6.07) is 17.5. The van der Waals surface area contributed by atoms with Gasteiger partial charge >= 0.3 is 0 Å². The van der Waals surface area contributed by atoms with Crippen LogP contribution in [-0.4, -0.2) is 59.1 Å². The van der Waals surface area contributed by atoms with Gasteiger partial charge < -0.3 is 15.1 Å². The lowest BCUT2D eigenvalue weighted by Crippen LogP contribution is -2.51. The minimum atomic E-state index is -0.338. The quantitative estimate of drug-likeness (QED) is 0.761. The highest BCUT2D eigenvalue weighted by Crippen LogP contribution is 2.15.